The Labute approximate surface area is 528 Å². The molecule has 7 saturated heterocycles. The molecule has 0 aromatic rings. The number of carbonyl (C=O) groups is 7. The topological polar surface area (TPSA) is 313 Å². The number of terminal acetylenes is 2. The Morgan fingerprint density at radius 2 is 0.710 bits per heavy atom. The second kappa shape index (κ2) is 40.5. The highest BCUT2D eigenvalue weighted by Crippen LogP contribution is 2.31. The summed E-state index contributed by atoms with van der Waals surface area (Å²) >= 11 is 0. The van der Waals surface area contributed by atoms with E-state index in [1.165, 1.54) is 6.17 Å². The lowest BCUT2D eigenvalue weighted by Crippen LogP contribution is -2.35. The van der Waals surface area contributed by atoms with Crippen LogP contribution in [0.25, 0.3) is 0 Å². The van der Waals surface area contributed by atoms with Crippen molar-refractivity contribution in [3.05, 3.63) is 37.0 Å². The molecule has 0 aliphatic carbocycles. The van der Waals surface area contributed by atoms with Crippen molar-refractivity contribution in [1.29, 1.82) is 0 Å². The fraction of sp³-hybridized carbons (Fsp3) is 0.632. The van der Waals surface area contributed by atoms with Crippen LogP contribution in [0.15, 0.2) is 37.0 Å². The lowest BCUT2D eigenvalue weighted by molar-refractivity contribution is -0.178. The minimum absolute atomic E-state index is 0.00435. The van der Waals surface area contributed by atoms with Crippen molar-refractivity contribution in [2.24, 2.45) is 0 Å². The van der Waals surface area contributed by atoms with Gasteiger partial charge < -0.3 is 99.5 Å². The normalized spacial score (nSPS) is 26.2. The molecule has 93 heavy (non-hydrogen) atoms. The first-order valence-corrected chi connectivity index (χ1v) is 27.5. The monoisotopic (exact) mass is 1350 g/mol. The fourth-order valence-electron chi connectivity index (χ4n) is 6.60. The first kappa shape index (κ1) is 82.5. The average molecular weight is 1360 g/mol. The van der Waals surface area contributed by atoms with Crippen LogP contribution in [0.2, 0.25) is 0 Å². The smallest absolute Gasteiger partial charge is 0.427 e. The molecule has 0 spiro atoms. The Kier molecular flexibility index (Phi) is 35.9. The summed E-state index contributed by atoms with van der Waals surface area (Å²) in [5, 5.41) is 0. The van der Waals surface area contributed by atoms with Crippen molar-refractivity contribution in [1.82, 2.24) is 0 Å². The first-order valence-electron chi connectivity index (χ1n) is 27.5. The predicted molar refractivity (Wildman–Crippen MR) is 291 cm³/mol. The van der Waals surface area contributed by atoms with Gasteiger partial charge in [-0.15, -0.1) is 23.8 Å². The molecular formula is C57H70F8O28. The first-order chi connectivity index (χ1) is 43.8. The van der Waals surface area contributed by atoms with E-state index in [4.69, 9.17) is 74.4 Å². The van der Waals surface area contributed by atoms with Crippen molar-refractivity contribution < 1.29 is 168 Å². The van der Waals surface area contributed by atoms with E-state index in [2.05, 4.69) is 68.8 Å². The maximum atomic E-state index is 12.4. The molecule has 0 aromatic carbocycles. The van der Waals surface area contributed by atoms with Gasteiger partial charge in [-0.1, -0.05) is 78.9 Å². The summed E-state index contributed by atoms with van der Waals surface area (Å²) in [6.07, 6.45) is 3.24. The van der Waals surface area contributed by atoms with Crippen LogP contribution in [-0.2, 0) is 99.5 Å². The molecule has 522 valence electrons. The van der Waals surface area contributed by atoms with Gasteiger partial charge in [-0.2, -0.15) is 22.0 Å². The molecule has 0 radical (unpaired) electrons. The van der Waals surface area contributed by atoms with Gasteiger partial charge in [0.1, 0.15) is 51.6 Å². The third-order valence-corrected chi connectivity index (χ3v) is 12.1. The van der Waals surface area contributed by atoms with Crippen LogP contribution in [-0.4, -0.2) is 182 Å². The van der Waals surface area contributed by atoms with E-state index in [1.54, 1.807) is 39.7 Å². The zero-order valence-electron chi connectivity index (χ0n) is 51.5. The summed E-state index contributed by atoms with van der Waals surface area (Å²) in [6, 6.07) is 0. The van der Waals surface area contributed by atoms with E-state index in [0.717, 1.165) is 5.92 Å². The summed E-state index contributed by atoms with van der Waals surface area (Å²) in [5.41, 5.74) is 0. The quantitative estimate of drug-likeness (QED) is 0.0285. The summed E-state index contributed by atoms with van der Waals surface area (Å²) in [4.78, 5) is 74.4. The van der Waals surface area contributed by atoms with Gasteiger partial charge in [-0.05, 0) is 5.92 Å². The summed E-state index contributed by atoms with van der Waals surface area (Å²) in [5.74, 6) is -0.589. The summed E-state index contributed by atoms with van der Waals surface area (Å²) < 4.78 is 195. The fourth-order valence-corrected chi connectivity index (χ4v) is 6.60. The lowest BCUT2D eigenvalue weighted by atomic mass is 10.2. The molecule has 7 fully saturated rings. The van der Waals surface area contributed by atoms with Gasteiger partial charge in [0, 0.05) is 50.9 Å². The second-order valence-electron chi connectivity index (χ2n) is 18.3. The minimum Gasteiger partial charge on any atom is -0.427 e. The van der Waals surface area contributed by atoms with Crippen molar-refractivity contribution in [3.63, 3.8) is 0 Å². The molecule has 36 heteroatoms. The Balaban J connectivity index is 0.000000544. The molecule has 0 bridgehead atoms. The van der Waals surface area contributed by atoms with Gasteiger partial charge in [0.05, 0.1) is 6.61 Å². The van der Waals surface area contributed by atoms with E-state index < -0.39 is 121 Å². The minimum atomic E-state index is -4.55. The van der Waals surface area contributed by atoms with Crippen LogP contribution in [0.1, 0.15) is 93.4 Å². The highest BCUT2D eigenvalue weighted by molar-refractivity contribution is 5.64. The molecule has 28 nitrogen and oxygen atoms in total. The summed E-state index contributed by atoms with van der Waals surface area (Å²) in [6.45, 7) is 17.6. The van der Waals surface area contributed by atoms with Gasteiger partial charge in [0.25, 0.3) is 40.5 Å². The van der Waals surface area contributed by atoms with Crippen molar-refractivity contribution in [2.45, 2.75) is 140 Å². The number of carbonyl (C=O) groups excluding carboxylic acids is 7. The number of halogens is 8. The number of ether oxygens (including phenoxy) is 21. The number of rotatable bonds is 24. The predicted octanol–water partition coefficient (Wildman–Crippen LogP) is 10.4. The van der Waals surface area contributed by atoms with E-state index in [9.17, 15) is 68.7 Å². The third-order valence-electron chi connectivity index (χ3n) is 12.1. The number of hydrogen-bond donors (Lipinski definition) is 0. The van der Waals surface area contributed by atoms with Gasteiger partial charge in [-0.25, -0.2) is 42.3 Å². The molecule has 0 amide bonds. The molecule has 7 rings (SSSR count). The molecular weight excluding hydrogens is 1280 g/mol. The van der Waals surface area contributed by atoms with Gasteiger partial charge in [-0.3, -0.25) is 0 Å². The Morgan fingerprint density at radius 1 is 0.452 bits per heavy atom. The standard InChI is InChI=1S/C9H9F3O4.C8H9F3O4.C8H11FO4.C8H9FO4.C8H12O4.2C8H10O4/c1-2-8(6-14-7(13)16-8)15-5-3-4-9(10,11)12;1-2-8(4-13-7(12)15-8)14-3-5(9)6(10)11;1-3-8(12-4-6(2)9)5-11-7(10)13-8;1-2-8(12-5-3-4-9)6-11-7(10)13-8;3*1-3-5-11-8(4-2)6-10-7(9)12-8/h2,5-6H2,1H3;2-4H2,1H3;2-5H2,1H3;2,5-6H2,1H3;3H,1,4-6H2,2H3;2*1H,4-6H2,2H3. The molecule has 0 saturated carbocycles. The Bertz CT molecular complexity index is 2700. The number of hydrogen-bond acceptors (Lipinski definition) is 28. The van der Waals surface area contributed by atoms with E-state index in [-0.39, 0.29) is 85.5 Å². The molecule has 7 aliphatic rings. The Hall–Kier alpha value is -8.49. The SMILES string of the molecule is C#CCOC1(CC)COC(=O)O1.C#CCOC1(CC)COC(=O)O1.C=C(F)COC1(CC)COC(=O)O1.C=CCOC1(CC)COC(=O)O1.CCC1(OCC#CC(F)(F)F)COC(=O)O1.CCC1(OCC#CF)COC(=O)O1.CCC1(OCC(F)=C(F)F)COC(=O)O1. The van der Waals surface area contributed by atoms with Crippen molar-refractivity contribution in [3.8, 4) is 48.6 Å². The van der Waals surface area contributed by atoms with Crippen LogP contribution in [0.3, 0.4) is 0 Å². The van der Waals surface area contributed by atoms with Gasteiger partial charge >= 0.3 is 55.3 Å². The van der Waals surface area contributed by atoms with Gasteiger partial charge in [0.15, 0.2) is 52.1 Å². The average Bonchev–Trinajstić information content (AvgIpc) is 2.15. The van der Waals surface area contributed by atoms with Crippen LogP contribution in [0.5, 0.6) is 0 Å². The summed E-state index contributed by atoms with van der Waals surface area (Å²) in [7, 11) is 0. The largest absolute Gasteiger partial charge is 0.511 e. The number of cyclic esters (lactones) is 14. The van der Waals surface area contributed by atoms with E-state index in [1.807, 2.05) is 20.8 Å². The third kappa shape index (κ3) is 30.2. The molecule has 7 aliphatic heterocycles. The zero-order chi connectivity index (χ0) is 70.4. The van der Waals surface area contributed by atoms with Crippen molar-refractivity contribution >= 4 is 43.1 Å². The maximum Gasteiger partial charge on any atom is 0.511 e. The highest BCUT2D eigenvalue weighted by Gasteiger charge is 2.47. The zero-order valence-corrected chi connectivity index (χ0v) is 51.5. The number of alkyl halides is 3. The van der Waals surface area contributed by atoms with Crippen LogP contribution >= 0.6 is 0 Å². The lowest BCUT2D eigenvalue weighted by Gasteiger charge is -2.22. The molecule has 7 atom stereocenters. The van der Waals surface area contributed by atoms with E-state index in [0.29, 0.717) is 38.7 Å². The van der Waals surface area contributed by atoms with Crippen LogP contribution in [0, 0.1) is 48.6 Å². The van der Waals surface area contributed by atoms with Crippen LogP contribution < -0.4 is 0 Å². The Morgan fingerprint density at radius 3 is 0.925 bits per heavy atom. The second-order valence-corrected chi connectivity index (χ2v) is 18.3. The molecule has 7 unspecified atom stereocenters. The highest BCUT2D eigenvalue weighted by atomic mass is 19.4. The van der Waals surface area contributed by atoms with E-state index >= 15 is 0 Å². The van der Waals surface area contributed by atoms with Gasteiger partial charge in [0.2, 0.25) is 0 Å². The molecule has 0 N–H and O–H groups in total. The van der Waals surface area contributed by atoms with Crippen molar-refractivity contribution in [2.75, 3.05) is 92.5 Å². The molecule has 0 aromatic heterocycles. The molecule has 7 heterocycles. The maximum absolute atomic E-state index is 12.4. The van der Waals surface area contributed by atoms with Crippen LogP contribution in [0.4, 0.5) is 68.7 Å².